The first-order chi connectivity index (χ1) is 9.93. The molecule has 1 N–H and O–H groups in total. The highest BCUT2D eigenvalue weighted by Crippen LogP contribution is 2.35. The summed E-state index contributed by atoms with van der Waals surface area (Å²) in [4.78, 5) is 0. The van der Waals surface area contributed by atoms with Crippen LogP contribution in [0, 0.1) is 11.8 Å². The summed E-state index contributed by atoms with van der Waals surface area (Å²) >= 11 is 6.16. The van der Waals surface area contributed by atoms with Gasteiger partial charge in [-0.25, -0.2) is 0 Å². The van der Waals surface area contributed by atoms with E-state index in [9.17, 15) is 0 Å². The third kappa shape index (κ3) is 6.58. The van der Waals surface area contributed by atoms with Gasteiger partial charge in [0.1, 0.15) is 0 Å². The molecule has 0 fully saturated rings. The molecule has 0 spiro atoms. The molecule has 1 aromatic carbocycles. The van der Waals surface area contributed by atoms with Crippen LogP contribution in [0.5, 0.6) is 11.5 Å². The van der Waals surface area contributed by atoms with Gasteiger partial charge in [0.25, 0.3) is 0 Å². The van der Waals surface area contributed by atoms with Crippen molar-refractivity contribution in [3.63, 3.8) is 0 Å². The van der Waals surface area contributed by atoms with Gasteiger partial charge in [0.15, 0.2) is 11.5 Å². The van der Waals surface area contributed by atoms with Gasteiger partial charge in [-0.1, -0.05) is 39.3 Å². The van der Waals surface area contributed by atoms with E-state index >= 15 is 0 Å². The van der Waals surface area contributed by atoms with Gasteiger partial charge in [0.2, 0.25) is 0 Å². The van der Waals surface area contributed by atoms with Crippen LogP contribution in [-0.2, 0) is 6.54 Å². The second kappa shape index (κ2) is 9.16. The molecule has 4 heteroatoms. The maximum Gasteiger partial charge on any atom is 0.165 e. The molecule has 0 saturated carbocycles. The van der Waals surface area contributed by atoms with Gasteiger partial charge in [0.05, 0.1) is 13.7 Å². The summed E-state index contributed by atoms with van der Waals surface area (Å²) in [5, 5.41) is 4.10. The Morgan fingerprint density at radius 3 is 2.43 bits per heavy atom. The van der Waals surface area contributed by atoms with E-state index in [1.807, 2.05) is 6.07 Å². The molecule has 1 rings (SSSR count). The van der Waals surface area contributed by atoms with Crippen LogP contribution in [0.25, 0.3) is 0 Å². The van der Waals surface area contributed by atoms with Crippen LogP contribution >= 0.6 is 11.6 Å². The van der Waals surface area contributed by atoms with Crippen molar-refractivity contribution in [2.75, 3.05) is 20.3 Å². The first kappa shape index (κ1) is 18.1. The molecule has 0 radical (unpaired) electrons. The minimum absolute atomic E-state index is 0.608. The molecule has 0 amide bonds. The molecule has 0 bridgehead atoms. The number of hydrogen-bond acceptors (Lipinski definition) is 3. The van der Waals surface area contributed by atoms with Gasteiger partial charge in [-0.05, 0) is 30.9 Å². The highest BCUT2D eigenvalue weighted by atomic mass is 35.5. The number of rotatable bonds is 9. The highest BCUT2D eigenvalue weighted by Gasteiger charge is 2.13. The summed E-state index contributed by atoms with van der Waals surface area (Å²) in [6.07, 6.45) is 1.02. The Hall–Kier alpha value is -0.930. The summed E-state index contributed by atoms with van der Waals surface area (Å²) in [5.74, 6) is 2.73. The Morgan fingerprint density at radius 2 is 1.86 bits per heavy atom. The third-order valence-electron chi connectivity index (χ3n) is 3.13. The van der Waals surface area contributed by atoms with Crippen LogP contribution in [0.3, 0.4) is 0 Å². The number of nitrogens with one attached hydrogen (secondary N) is 1. The predicted molar refractivity (Wildman–Crippen MR) is 89.5 cm³/mol. The normalized spacial score (nSPS) is 11.2. The van der Waals surface area contributed by atoms with Gasteiger partial charge in [0, 0.05) is 23.2 Å². The fourth-order valence-electron chi connectivity index (χ4n) is 1.96. The lowest BCUT2D eigenvalue weighted by Crippen LogP contribution is -2.19. The first-order valence-corrected chi connectivity index (χ1v) is 8.01. The number of hydrogen-bond donors (Lipinski definition) is 1. The van der Waals surface area contributed by atoms with Gasteiger partial charge >= 0.3 is 0 Å². The van der Waals surface area contributed by atoms with Crippen molar-refractivity contribution < 1.29 is 9.47 Å². The molecular weight excluding hydrogens is 286 g/mol. The molecule has 3 nitrogen and oxygen atoms in total. The Labute approximate surface area is 134 Å². The Kier molecular flexibility index (Phi) is 7.91. The quantitative estimate of drug-likeness (QED) is 0.727. The van der Waals surface area contributed by atoms with E-state index in [2.05, 4.69) is 33.0 Å². The Morgan fingerprint density at radius 1 is 1.14 bits per heavy atom. The van der Waals surface area contributed by atoms with Crippen LogP contribution in [0.1, 0.15) is 39.7 Å². The number of benzene rings is 1. The fraction of sp³-hybridized carbons (Fsp3) is 0.647. The smallest absolute Gasteiger partial charge is 0.165 e. The zero-order valence-corrected chi connectivity index (χ0v) is 14.6. The highest BCUT2D eigenvalue weighted by molar-refractivity contribution is 6.30. The lowest BCUT2D eigenvalue weighted by Gasteiger charge is -2.17. The molecule has 0 aliphatic rings. The van der Waals surface area contributed by atoms with E-state index in [0.29, 0.717) is 29.2 Å². The molecule has 0 aliphatic heterocycles. The van der Waals surface area contributed by atoms with Gasteiger partial charge in [-0.2, -0.15) is 0 Å². The standard InChI is InChI=1S/C17H28ClNO2/c1-12(2)6-7-21-17-14(11-19-10-13(3)4)8-15(18)9-16(17)20-5/h8-9,12-13,19H,6-7,10-11H2,1-5H3. The molecule has 0 atom stereocenters. The van der Waals surface area contributed by atoms with E-state index in [-0.39, 0.29) is 0 Å². The van der Waals surface area contributed by atoms with Crippen LogP contribution in [0.4, 0.5) is 0 Å². The van der Waals surface area contributed by atoms with E-state index in [0.717, 1.165) is 30.8 Å². The van der Waals surface area contributed by atoms with Crippen molar-refractivity contribution in [2.45, 2.75) is 40.7 Å². The van der Waals surface area contributed by atoms with Crippen molar-refractivity contribution in [2.24, 2.45) is 11.8 Å². The maximum absolute atomic E-state index is 6.16. The summed E-state index contributed by atoms with van der Waals surface area (Å²) in [6, 6.07) is 3.75. The molecule has 0 heterocycles. The first-order valence-electron chi connectivity index (χ1n) is 7.64. The van der Waals surface area contributed by atoms with E-state index in [1.165, 1.54) is 0 Å². The molecule has 21 heavy (non-hydrogen) atoms. The van der Waals surface area contributed by atoms with Crippen molar-refractivity contribution in [1.29, 1.82) is 0 Å². The zero-order valence-electron chi connectivity index (χ0n) is 13.8. The van der Waals surface area contributed by atoms with Crippen LogP contribution in [0.2, 0.25) is 5.02 Å². The van der Waals surface area contributed by atoms with Crippen LogP contribution in [0.15, 0.2) is 12.1 Å². The van der Waals surface area contributed by atoms with E-state index in [1.54, 1.807) is 13.2 Å². The summed E-state index contributed by atoms with van der Waals surface area (Å²) in [5.41, 5.74) is 1.05. The summed E-state index contributed by atoms with van der Waals surface area (Å²) in [7, 11) is 1.65. The van der Waals surface area contributed by atoms with Crippen LogP contribution in [-0.4, -0.2) is 20.3 Å². The lowest BCUT2D eigenvalue weighted by atomic mass is 10.1. The van der Waals surface area contributed by atoms with E-state index in [4.69, 9.17) is 21.1 Å². The van der Waals surface area contributed by atoms with E-state index < -0.39 is 0 Å². The number of halogens is 1. The topological polar surface area (TPSA) is 30.5 Å². The van der Waals surface area contributed by atoms with Crippen LogP contribution < -0.4 is 14.8 Å². The van der Waals surface area contributed by atoms with Gasteiger partial charge < -0.3 is 14.8 Å². The SMILES string of the molecule is COc1cc(Cl)cc(CNCC(C)C)c1OCCC(C)C. The van der Waals surface area contributed by atoms with Crippen molar-refractivity contribution in [1.82, 2.24) is 5.32 Å². The maximum atomic E-state index is 6.16. The third-order valence-corrected chi connectivity index (χ3v) is 3.34. The average molecular weight is 314 g/mol. The molecule has 0 unspecified atom stereocenters. The molecule has 120 valence electrons. The minimum atomic E-state index is 0.608. The molecule has 0 aliphatic carbocycles. The summed E-state index contributed by atoms with van der Waals surface area (Å²) < 4.78 is 11.4. The monoisotopic (exact) mass is 313 g/mol. The molecule has 0 aromatic heterocycles. The molecule has 0 saturated heterocycles. The van der Waals surface area contributed by atoms with Gasteiger partial charge in [-0.3, -0.25) is 0 Å². The van der Waals surface area contributed by atoms with Crippen molar-refractivity contribution in [3.8, 4) is 11.5 Å². The average Bonchev–Trinajstić information content (AvgIpc) is 2.39. The van der Waals surface area contributed by atoms with Crippen molar-refractivity contribution >= 4 is 11.6 Å². The molecular formula is C17H28ClNO2. The van der Waals surface area contributed by atoms with Gasteiger partial charge in [-0.15, -0.1) is 0 Å². The number of ether oxygens (including phenoxy) is 2. The zero-order chi connectivity index (χ0) is 15.8. The Bertz CT molecular complexity index is 433. The Balaban J connectivity index is 2.83. The lowest BCUT2D eigenvalue weighted by molar-refractivity contribution is 0.269. The predicted octanol–water partition coefficient (Wildman–Crippen LogP) is 4.52. The largest absolute Gasteiger partial charge is 0.493 e. The van der Waals surface area contributed by atoms with Crippen molar-refractivity contribution in [3.05, 3.63) is 22.7 Å². The molecule has 1 aromatic rings. The minimum Gasteiger partial charge on any atom is -0.493 e. The summed E-state index contributed by atoms with van der Waals surface area (Å²) in [6.45, 7) is 11.1. The number of methoxy groups -OCH3 is 1. The second-order valence-electron chi connectivity index (χ2n) is 6.15. The fourth-order valence-corrected chi connectivity index (χ4v) is 2.19. The second-order valence-corrected chi connectivity index (χ2v) is 6.59.